The van der Waals surface area contributed by atoms with Crippen molar-refractivity contribution in [3.05, 3.63) is 73.6 Å². The van der Waals surface area contributed by atoms with E-state index in [0.29, 0.717) is 31.0 Å². The maximum Gasteiger partial charge on any atom is 0.341 e. The molecule has 8 nitrogen and oxygen atoms in total. The van der Waals surface area contributed by atoms with E-state index in [9.17, 15) is 14.4 Å². The molecule has 2 aliphatic rings. The number of rotatable bonds is 4. The molecule has 9 heteroatoms. The Bertz CT molecular complexity index is 1470. The Morgan fingerprint density at radius 3 is 2.84 bits per heavy atom. The number of carbonyl (C=O) groups is 1. The summed E-state index contributed by atoms with van der Waals surface area (Å²) in [5, 5.41) is 9.19. The standard InChI is InChI=1S/C23H21N5O3S/c29-21-17(16-3-1-2-14-7-9-32-19(14)16)10-15-12-27(22(30)20-24-23(31)26-25-20)8-6-18(15)28(21)11-13-4-5-13/h1-3,7,9-10,13H,4-6,8,11-12H2,(H2,24,25,26,31). The minimum atomic E-state index is -0.504. The fourth-order valence-corrected chi connectivity index (χ4v) is 5.49. The molecule has 4 aromatic rings. The van der Waals surface area contributed by atoms with Crippen LogP contribution in [0.25, 0.3) is 21.2 Å². The van der Waals surface area contributed by atoms with E-state index in [4.69, 9.17) is 0 Å². The Hall–Kier alpha value is -3.46. The average Bonchev–Trinajstić information content (AvgIpc) is 3.30. The van der Waals surface area contributed by atoms with E-state index >= 15 is 0 Å². The van der Waals surface area contributed by atoms with Crippen molar-refractivity contribution in [1.29, 1.82) is 0 Å². The van der Waals surface area contributed by atoms with Gasteiger partial charge in [-0.1, -0.05) is 18.2 Å². The number of nitrogens with zero attached hydrogens (tertiary/aromatic N) is 3. The molecule has 3 aromatic heterocycles. The Labute approximate surface area is 186 Å². The highest BCUT2D eigenvalue weighted by molar-refractivity contribution is 7.17. The molecular formula is C23H21N5O3S. The van der Waals surface area contributed by atoms with Gasteiger partial charge in [-0.2, -0.15) is 0 Å². The largest absolute Gasteiger partial charge is 0.341 e. The van der Waals surface area contributed by atoms with Crippen molar-refractivity contribution >= 4 is 27.3 Å². The molecule has 1 saturated carbocycles. The number of hydrogen-bond acceptors (Lipinski definition) is 5. The predicted molar refractivity (Wildman–Crippen MR) is 122 cm³/mol. The number of H-pyrrole nitrogens is 2. The molecule has 1 aromatic carbocycles. The average molecular weight is 448 g/mol. The maximum absolute atomic E-state index is 13.6. The second-order valence-electron chi connectivity index (χ2n) is 8.54. The summed E-state index contributed by atoms with van der Waals surface area (Å²) in [6.07, 6.45) is 2.91. The predicted octanol–water partition coefficient (Wildman–Crippen LogP) is 2.75. The van der Waals surface area contributed by atoms with Crippen molar-refractivity contribution in [2.45, 2.75) is 32.4 Å². The lowest BCUT2D eigenvalue weighted by Crippen LogP contribution is -2.40. The molecule has 6 rings (SSSR count). The smallest absolute Gasteiger partial charge is 0.331 e. The van der Waals surface area contributed by atoms with E-state index in [1.54, 1.807) is 16.2 Å². The van der Waals surface area contributed by atoms with Crippen LogP contribution in [0.3, 0.4) is 0 Å². The lowest BCUT2D eigenvalue weighted by atomic mass is 9.98. The Kier molecular flexibility index (Phi) is 4.39. The number of aromatic amines is 2. The summed E-state index contributed by atoms with van der Waals surface area (Å²) in [4.78, 5) is 42.0. The first kappa shape index (κ1) is 19.2. The third kappa shape index (κ3) is 3.20. The van der Waals surface area contributed by atoms with Crippen LogP contribution in [0.5, 0.6) is 0 Å². The van der Waals surface area contributed by atoms with E-state index < -0.39 is 5.69 Å². The first-order valence-corrected chi connectivity index (χ1v) is 11.6. The van der Waals surface area contributed by atoms with Crippen LogP contribution in [0, 0.1) is 5.92 Å². The summed E-state index contributed by atoms with van der Waals surface area (Å²) >= 11 is 1.63. The van der Waals surface area contributed by atoms with Crippen molar-refractivity contribution in [2.24, 2.45) is 5.92 Å². The molecule has 32 heavy (non-hydrogen) atoms. The van der Waals surface area contributed by atoms with E-state index in [0.717, 1.165) is 46.3 Å². The van der Waals surface area contributed by atoms with Gasteiger partial charge < -0.3 is 9.47 Å². The van der Waals surface area contributed by atoms with E-state index in [2.05, 4.69) is 27.3 Å². The van der Waals surface area contributed by atoms with Gasteiger partial charge in [0, 0.05) is 47.6 Å². The van der Waals surface area contributed by atoms with Crippen molar-refractivity contribution in [1.82, 2.24) is 24.6 Å². The molecule has 1 fully saturated rings. The first-order valence-electron chi connectivity index (χ1n) is 10.7. The van der Waals surface area contributed by atoms with Crippen LogP contribution in [0.1, 0.15) is 34.7 Å². The topological polar surface area (TPSA) is 104 Å². The summed E-state index contributed by atoms with van der Waals surface area (Å²) in [5.41, 5.74) is 3.16. The maximum atomic E-state index is 13.6. The lowest BCUT2D eigenvalue weighted by Gasteiger charge is -2.30. The highest BCUT2D eigenvalue weighted by Gasteiger charge is 2.30. The molecule has 1 aliphatic carbocycles. The zero-order valence-electron chi connectivity index (χ0n) is 17.3. The van der Waals surface area contributed by atoms with Crippen LogP contribution < -0.4 is 11.2 Å². The van der Waals surface area contributed by atoms with Gasteiger partial charge in [-0.25, -0.2) is 9.89 Å². The third-order valence-corrected chi connectivity index (χ3v) is 7.33. The molecular weight excluding hydrogens is 426 g/mol. The first-order chi connectivity index (χ1) is 15.6. The number of thiophene rings is 1. The van der Waals surface area contributed by atoms with E-state index in [1.807, 2.05) is 28.1 Å². The van der Waals surface area contributed by atoms with Crippen LogP contribution in [0.15, 0.2) is 45.3 Å². The number of fused-ring (bicyclic) bond motifs is 2. The highest BCUT2D eigenvalue weighted by Crippen LogP contribution is 2.35. The fourth-order valence-electron chi connectivity index (χ4n) is 4.56. The van der Waals surface area contributed by atoms with Gasteiger partial charge in [-0.05, 0) is 47.2 Å². The van der Waals surface area contributed by atoms with Gasteiger partial charge in [0.1, 0.15) is 0 Å². The molecule has 0 spiro atoms. The monoisotopic (exact) mass is 447 g/mol. The highest BCUT2D eigenvalue weighted by atomic mass is 32.1. The van der Waals surface area contributed by atoms with Crippen molar-refractivity contribution in [2.75, 3.05) is 6.54 Å². The normalized spacial score (nSPS) is 15.8. The number of hydrogen-bond donors (Lipinski definition) is 2. The Morgan fingerprint density at radius 1 is 1.19 bits per heavy atom. The van der Waals surface area contributed by atoms with Gasteiger partial charge in [0.2, 0.25) is 5.82 Å². The molecule has 0 atom stereocenters. The van der Waals surface area contributed by atoms with Gasteiger partial charge in [0.05, 0.1) is 0 Å². The number of amides is 1. The molecule has 0 unspecified atom stereocenters. The number of nitrogens with one attached hydrogen (secondary N) is 2. The molecule has 0 radical (unpaired) electrons. The minimum absolute atomic E-state index is 0.00771. The van der Waals surface area contributed by atoms with E-state index in [1.165, 1.54) is 0 Å². The molecule has 2 N–H and O–H groups in total. The number of aromatic nitrogens is 4. The van der Waals surface area contributed by atoms with Crippen LogP contribution in [0.4, 0.5) is 0 Å². The van der Waals surface area contributed by atoms with E-state index in [-0.39, 0.29) is 17.3 Å². The van der Waals surface area contributed by atoms with Gasteiger partial charge in [-0.3, -0.25) is 14.6 Å². The van der Waals surface area contributed by atoms with Crippen molar-refractivity contribution in [3.63, 3.8) is 0 Å². The van der Waals surface area contributed by atoms with Gasteiger partial charge in [0.15, 0.2) is 0 Å². The molecule has 1 aliphatic heterocycles. The van der Waals surface area contributed by atoms with Gasteiger partial charge in [-0.15, -0.1) is 16.4 Å². The van der Waals surface area contributed by atoms with Gasteiger partial charge >= 0.3 is 5.69 Å². The summed E-state index contributed by atoms with van der Waals surface area (Å²) in [7, 11) is 0. The van der Waals surface area contributed by atoms with Crippen molar-refractivity contribution in [3.8, 4) is 11.1 Å². The third-order valence-electron chi connectivity index (χ3n) is 6.37. The molecule has 162 valence electrons. The fraction of sp³-hybridized carbons (Fsp3) is 0.304. The Balaban J connectivity index is 1.46. The molecule has 4 heterocycles. The SMILES string of the molecule is O=C(c1n[nH]c(=O)[nH]1)N1CCc2c(cc(-c3cccc4ccsc34)c(=O)n2CC2CC2)C1. The summed E-state index contributed by atoms with van der Waals surface area (Å²) in [6, 6.07) is 10.1. The van der Waals surface area contributed by atoms with Crippen LogP contribution in [-0.4, -0.2) is 37.1 Å². The number of carbonyl (C=O) groups excluding carboxylic acids is 1. The zero-order chi connectivity index (χ0) is 21.8. The second-order valence-corrected chi connectivity index (χ2v) is 9.45. The van der Waals surface area contributed by atoms with Crippen molar-refractivity contribution < 1.29 is 4.79 Å². The molecule has 0 bridgehead atoms. The summed E-state index contributed by atoms with van der Waals surface area (Å²) in [5.74, 6) is 0.238. The van der Waals surface area contributed by atoms with Crippen LogP contribution in [-0.2, 0) is 19.5 Å². The second kappa shape index (κ2) is 7.30. The van der Waals surface area contributed by atoms with Crippen LogP contribution >= 0.6 is 11.3 Å². The minimum Gasteiger partial charge on any atom is -0.331 e. The number of benzene rings is 1. The molecule has 1 amide bonds. The quantitative estimate of drug-likeness (QED) is 0.502. The lowest BCUT2D eigenvalue weighted by molar-refractivity contribution is 0.0720. The molecule has 0 saturated heterocycles. The van der Waals surface area contributed by atoms with Crippen LogP contribution in [0.2, 0.25) is 0 Å². The Morgan fingerprint density at radius 2 is 2.06 bits per heavy atom. The number of pyridine rings is 1. The summed E-state index contributed by atoms with van der Waals surface area (Å²) in [6.45, 7) is 1.59. The van der Waals surface area contributed by atoms with Gasteiger partial charge in [0.25, 0.3) is 11.5 Å². The summed E-state index contributed by atoms with van der Waals surface area (Å²) < 4.78 is 3.05. The zero-order valence-corrected chi connectivity index (χ0v) is 18.1.